The van der Waals surface area contributed by atoms with Gasteiger partial charge in [0.1, 0.15) is 0 Å². The Labute approximate surface area is 179 Å². The number of carbonyl (C=O) groups excluding carboxylic acids is 1. The zero-order chi connectivity index (χ0) is 19.7. The summed E-state index contributed by atoms with van der Waals surface area (Å²) in [6.07, 6.45) is 4.24. The van der Waals surface area contributed by atoms with Gasteiger partial charge in [-0.1, -0.05) is 42.0 Å². The van der Waals surface area contributed by atoms with Crippen molar-refractivity contribution in [1.82, 2.24) is 25.2 Å². The maximum absolute atomic E-state index is 13.5. The Morgan fingerprint density at radius 2 is 1.79 bits per heavy atom. The molecule has 4 rings (SSSR count). The molecule has 0 radical (unpaired) electrons. The summed E-state index contributed by atoms with van der Waals surface area (Å²) in [7, 11) is 0. The Morgan fingerprint density at radius 1 is 1.10 bits per heavy atom. The molecule has 29 heavy (non-hydrogen) atoms. The van der Waals surface area contributed by atoms with Crippen molar-refractivity contribution in [2.75, 3.05) is 19.6 Å². The Kier molecular flexibility index (Phi) is 6.96. The van der Waals surface area contributed by atoms with E-state index in [4.69, 9.17) is 0 Å². The molecule has 2 aliphatic rings. The van der Waals surface area contributed by atoms with E-state index in [2.05, 4.69) is 53.7 Å². The van der Waals surface area contributed by atoms with Crippen LogP contribution in [0.15, 0.2) is 24.3 Å². The number of nitrogens with one attached hydrogen (secondary N) is 1. The fourth-order valence-electron chi connectivity index (χ4n) is 4.76. The molecule has 6 nitrogen and oxygen atoms in total. The van der Waals surface area contributed by atoms with E-state index in [-0.39, 0.29) is 24.4 Å². The monoisotopic (exact) mass is 417 g/mol. The molecule has 1 aromatic carbocycles. The van der Waals surface area contributed by atoms with E-state index in [9.17, 15) is 4.79 Å². The number of rotatable bonds is 3. The summed E-state index contributed by atoms with van der Waals surface area (Å²) >= 11 is 0. The molecule has 0 saturated carbocycles. The van der Waals surface area contributed by atoms with Crippen LogP contribution in [0.5, 0.6) is 0 Å². The first kappa shape index (κ1) is 21.8. The lowest BCUT2D eigenvalue weighted by atomic mass is 9.85. The Bertz CT molecular complexity index is 828. The molecule has 2 saturated heterocycles. The lowest BCUT2D eigenvalue weighted by Gasteiger charge is -2.40. The minimum atomic E-state index is 0. The second kappa shape index (κ2) is 9.26. The van der Waals surface area contributed by atoms with Gasteiger partial charge in [0.05, 0.1) is 17.8 Å². The highest BCUT2D eigenvalue weighted by molar-refractivity contribution is 5.93. The third-order valence-corrected chi connectivity index (χ3v) is 6.40. The molecular formula is C22H32ClN5O. The predicted octanol–water partition coefficient (Wildman–Crippen LogP) is 3.85. The number of amides is 1. The highest BCUT2D eigenvalue weighted by Crippen LogP contribution is 2.37. The smallest absolute Gasteiger partial charge is 0.276 e. The highest BCUT2D eigenvalue weighted by atomic mass is 35.5. The maximum Gasteiger partial charge on any atom is 0.276 e. The quantitative estimate of drug-likeness (QED) is 0.823. The first-order chi connectivity index (χ1) is 13.6. The van der Waals surface area contributed by atoms with Gasteiger partial charge >= 0.3 is 0 Å². The third kappa shape index (κ3) is 4.33. The molecule has 3 heterocycles. The zero-order valence-corrected chi connectivity index (χ0v) is 18.4. The number of halogens is 1. The summed E-state index contributed by atoms with van der Waals surface area (Å²) in [5.74, 6) is 0.454. The fourth-order valence-corrected chi connectivity index (χ4v) is 4.76. The number of carbonyl (C=O) groups is 1. The SMILES string of the molecule is Cc1ccc(C2C(C)CCCN2C(=O)c2nnn(C3CCNCC3)c2C)cc1.Cl. The summed E-state index contributed by atoms with van der Waals surface area (Å²) in [4.78, 5) is 15.5. The van der Waals surface area contributed by atoms with Gasteiger partial charge in [0.15, 0.2) is 5.69 Å². The van der Waals surface area contributed by atoms with E-state index >= 15 is 0 Å². The minimum absolute atomic E-state index is 0. The van der Waals surface area contributed by atoms with Crippen molar-refractivity contribution in [1.29, 1.82) is 0 Å². The molecule has 1 amide bonds. The van der Waals surface area contributed by atoms with Crippen molar-refractivity contribution in [3.05, 3.63) is 46.8 Å². The van der Waals surface area contributed by atoms with Crippen LogP contribution in [0.25, 0.3) is 0 Å². The summed E-state index contributed by atoms with van der Waals surface area (Å²) < 4.78 is 1.97. The maximum atomic E-state index is 13.5. The normalized spacial score (nSPS) is 22.9. The van der Waals surface area contributed by atoms with E-state index in [1.165, 1.54) is 11.1 Å². The van der Waals surface area contributed by atoms with Crippen molar-refractivity contribution in [3.8, 4) is 0 Å². The van der Waals surface area contributed by atoms with Crippen molar-refractivity contribution < 1.29 is 4.79 Å². The van der Waals surface area contributed by atoms with E-state index in [1.807, 2.05) is 16.5 Å². The van der Waals surface area contributed by atoms with Gasteiger partial charge in [0.25, 0.3) is 5.91 Å². The molecule has 0 aliphatic carbocycles. The minimum Gasteiger partial charge on any atom is -0.330 e. The summed E-state index contributed by atoms with van der Waals surface area (Å²) in [5.41, 5.74) is 3.88. The van der Waals surface area contributed by atoms with Gasteiger partial charge in [-0.3, -0.25) is 4.79 Å². The van der Waals surface area contributed by atoms with E-state index in [1.54, 1.807) is 0 Å². The first-order valence-corrected chi connectivity index (χ1v) is 10.6. The molecule has 2 fully saturated rings. The average molecular weight is 418 g/mol. The molecular weight excluding hydrogens is 386 g/mol. The van der Waals surface area contributed by atoms with Gasteiger partial charge in [0.2, 0.25) is 0 Å². The average Bonchev–Trinajstić information content (AvgIpc) is 3.10. The van der Waals surface area contributed by atoms with E-state index < -0.39 is 0 Å². The Morgan fingerprint density at radius 3 is 2.48 bits per heavy atom. The number of nitrogens with zero attached hydrogens (tertiary/aromatic N) is 4. The number of piperidine rings is 2. The van der Waals surface area contributed by atoms with Crippen LogP contribution in [-0.2, 0) is 0 Å². The second-order valence-electron chi connectivity index (χ2n) is 8.42. The third-order valence-electron chi connectivity index (χ3n) is 6.40. The summed E-state index contributed by atoms with van der Waals surface area (Å²) in [5, 5.41) is 12.1. The van der Waals surface area contributed by atoms with Crippen LogP contribution in [0.4, 0.5) is 0 Å². The van der Waals surface area contributed by atoms with Crippen LogP contribution < -0.4 is 5.32 Å². The highest BCUT2D eigenvalue weighted by Gasteiger charge is 2.35. The van der Waals surface area contributed by atoms with Gasteiger partial charge in [-0.05, 0) is 64.1 Å². The topological polar surface area (TPSA) is 63.1 Å². The van der Waals surface area contributed by atoms with Gasteiger partial charge < -0.3 is 10.2 Å². The van der Waals surface area contributed by atoms with Crippen LogP contribution in [0.3, 0.4) is 0 Å². The second-order valence-corrected chi connectivity index (χ2v) is 8.42. The van der Waals surface area contributed by atoms with E-state index in [0.717, 1.165) is 51.0 Å². The van der Waals surface area contributed by atoms with Crippen LogP contribution in [0, 0.1) is 19.8 Å². The molecule has 2 unspecified atom stereocenters. The lowest BCUT2D eigenvalue weighted by molar-refractivity contribution is 0.0506. The Balaban J connectivity index is 0.00000240. The molecule has 0 spiro atoms. The fraction of sp³-hybridized carbons (Fsp3) is 0.591. The van der Waals surface area contributed by atoms with Crippen LogP contribution in [-0.4, -0.2) is 45.4 Å². The van der Waals surface area contributed by atoms with Gasteiger partial charge in [-0.25, -0.2) is 4.68 Å². The number of likely N-dealkylation sites (tertiary alicyclic amines) is 1. The summed E-state index contributed by atoms with van der Waals surface area (Å²) in [6, 6.07) is 9.05. The summed E-state index contributed by atoms with van der Waals surface area (Å²) in [6.45, 7) is 9.10. The molecule has 1 N–H and O–H groups in total. The molecule has 2 aromatic rings. The van der Waals surface area contributed by atoms with Gasteiger partial charge in [0, 0.05) is 6.54 Å². The molecule has 2 aliphatic heterocycles. The van der Waals surface area contributed by atoms with Crippen LogP contribution in [0.1, 0.15) is 72.0 Å². The number of benzene rings is 1. The first-order valence-electron chi connectivity index (χ1n) is 10.6. The van der Waals surface area contributed by atoms with Crippen LogP contribution >= 0.6 is 12.4 Å². The van der Waals surface area contributed by atoms with Crippen molar-refractivity contribution in [2.24, 2.45) is 5.92 Å². The van der Waals surface area contributed by atoms with Gasteiger partial charge in [-0.2, -0.15) is 0 Å². The molecule has 7 heteroatoms. The molecule has 158 valence electrons. The number of hydrogen-bond acceptors (Lipinski definition) is 4. The van der Waals surface area contributed by atoms with E-state index in [0.29, 0.717) is 17.7 Å². The van der Waals surface area contributed by atoms with Crippen LogP contribution in [0.2, 0.25) is 0 Å². The standard InChI is InChI=1S/C22H31N5O.ClH/c1-15-6-8-18(9-7-15)21-16(2)5-4-14-26(21)22(28)20-17(3)27(25-24-20)19-10-12-23-13-11-19;/h6-9,16,19,21,23H,4-5,10-14H2,1-3H3;1H. The van der Waals surface area contributed by atoms with Crippen molar-refractivity contribution >= 4 is 18.3 Å². The number of aromatic nitrogens is 3. The number of hydrogen-bond donors (Lipinski definition) is 1. The molecule has 0 bridgehead atoms. The molecule has 2 atom stereocenters. The largest absolute Gasteiger partial charge is 0.330 e. The molecule has 1 aromatic heterocycles. The van der Waals surface area contributed by atoms with Crippen molar-refractivity contribution in [2.45, 2.75) is 58.5 Å². The lowest BCUT2D eigenvalue weighted by Crippen LogP contribution is -2.42. The predicted molar refractivity (Wildman–Crippen MR) is 117 cm³/mol. The zero-order valence-electron chi connectivity index (χ0n) is 17.6. The van der Waals surface area contributed by atoms with Gasteiger partial charge in [-0.15, -0.1) is 17.5 Å². The van der Waals surface area contributed by atoms with Crippen molar-refractivity contribution in [3.63, 3.8) is 0 Å². The number of aryl methyl sites for hydroxylation is 1. The Hall–Kier alpha value is -1.92.